The van der Waals surface area contributed by atoms with Gasteiger partial charge in [-0.15, -0.1) is 0 Å². The van der Waals surface area contributed by atoms with Crippen LogP contribution in [0.4, 0.5) is 0 Å². The lowest BCUT2D eigenvalue weighted by molar-refractivity contribution is -0.138. The molecule has 0 bridgehead atoms. The summed E-state index contributed by atoms with van der Waals surface area (Å²) < 4.78 is 8.99. The number of esters is 2. The summed E-state index contributed by atoms with van der Waals surface area (Å²) in [6.07, 6.45) is 5.46. The Hall–Kier alpha value is -3.15. The molecule has 0 fully saturated rings. The Morgan fingerprint density at radius 1 is 1.00 bits per heavy atom. The van der Waals surface area contributed by atoms with Crippen LogP contribution in [0.5, 0.6) is 0 Å². The van der Waals surface area contributed by atoms with E-state index in [2.05, 4.69) is 22.6 Å². The normalized spacial score (nSPS) is 8.85. The number of benzene rings is 1. The lowest BCUT2D eigenvalue weighted by Gasteiger charge is -1.94. The van der Waals surface area contributed by atoms with E-state index < -0.39 is 11.9 Å². The van der Waals surface area contributed by atoms with E-state index >= 15 is 0 Å². The fourth-order valence-electron chi connectivity index (χ4n) is 1.18. The molecule has 26 heavy (non-hydrogen) atoms. The van der Waals surface area contributed by atoms with Gasteiger partial charge in [0.15, 0.2) is 0 Å². The first-order valence-corrected chi connectivity index (χ1v) is 7.95. The molecule has 0 saturated heterocycles. The number of hydrogen-bond donors (Lipinski definition) is 1. The van der Waals surface area contributed by atoms with E-state index in [1.165, 1.54) is 5.56 Å². The number of hydrogen-bond acceptors (Lipinski definition) is 5. The summed E-state index contributed by atoms with van der Waals surface area (Å²) in [6, 6.07) is 10.0. The van der Waals surface area contributed by atoms with Gasteiger partial charge in [0.25, 0.3) is 0 Å². The maximum atomic E-state index is 10.4. The molecule has 0 aliphatic carbocycles. The van der Waals surface area contributed by atoms with Crippen molar-refractivity contribution in [3.8, 4) is 0 Å². The third-order valence-corrected chi connectivity index (χ3v) is 2.30. The number of aliphatic carboxylic acids is 1. The van der Waals surface area contributed by atoms with Crippen molar-refractivity contribution < 1.29 is 29.0 Å². The first-order chi connectivity index (χ1) is 12.4. The first-order valence-electron chi connectivity index (χ1n) is 7.95. The van der Waals surface area contributed by atoms with Crippen LogP contribution in [0.15, 0.2) is 61.7 Å². The highest BCUT2D eigenvalue weighted by molar-refractivity contribution is 5.90. The number of carboxylic acid groups (broad SMARTS) is 1. The van der Waals surface area contributed by atoms with Gasteiger partial charge in [-0.2, -0.15) is 0 Å². The second-order valence-electron chi connectivity index (χ2n) is 4.41. The molecular weight excluding hydrogens is 336 g/mol. The molecule has 1 aromatic rings. The summed E-state index contributed by atoms with van der Waals surface area (Å²) >= 11 is 0. The molecule has 0 amide bonds. The van der Waals surface area contributed by atoms with Crippen LogP contribution >= 0.6 is 0 Å². The summed E-state index contributed by atoms with van der Waals surface area (Å²) in [7, 11) is 0. The van der Waals surface area contributed by atoms with Crippen molar-refractivity contribution in [2.24, 2.45) is 0 Å². The van der Waals surface area contributed by atoms with Gasteiger partial charge in [0.2, 0.25) is 0 Å². The number of carbonyl (C=O) groups excluding carboxylic acids is 2. The quantitative estimate of drug-likeness (QED) is 0.588. The minimum Gasteiger partial charge on any atom is -0.478 e. The third kappa shape index (κ3) is 18.9. The van der Waals surface area contributed by atoms with Gasteiger partial charge in [0.1, 0.15) is 0 Å². The molecule has 0 atom stereocenters. The maximum Gasteiger partial charge on any atom is 0.330 e. The largest absolute Gasteiger partial charge is 0.478 e. The highest BCUT2D eigenvalue weighted by Crippen LogP contribution is 1.97. The van der Waals surface area contributed by atoms with Crippen molar-refractivity contribution in [1.29, 1.82) is 0 Å². The van der Waals surface area contributed by atoms with Crippen LogP contribution in [0, 0.1) is 0 Å². The first kappa shape index (κ1) is 25.1. The summed E-state index contributed by atoms with van der Waals surface area (Å²) in [6.45, 7) is 11.2. The van der Waals surface area contributed by atoms with E-state index in [0.717, 1.165) is 24.6 Å². The van der Waals surface area contributed by atoms with Crippen LogP contribution in [0.3, 0.4) is 0 Å². The Morgan fingerprint density at radius 2 is 1.62 bits per heavy atom. The van der Waals surface area contributed by atoms with Crippen LogP contribution in [-0.2, 0) is 23.9 Å². The van der Waals surface area contributed by atoms with Crippen molar-refractivity contribution in [2.45, 2.75) is 20.3 Å². The van der Waals surface area contributed by atoms with Crippen LogP contribution in [0.25, 0.3) is 6.08 Å². The van der Waals surface area contributed by atoms with Gasteiger partial charge in [-0.25, -0.2) is 14.4 Å². The topological polar surface area (TPSA) is 89.9 Å². The van der Waals surface area contributed by atoms with E-state index in [0.29, 0.717) is 6.61 Å². The van der Waals surface area contributed by atoms with Crippen LogP contribution in [0.1, 0.15) is 25.8 Å². The molecule has 142 valence electrons. The molecule has 0 aliphatic heterocycles. The van der Waals surface area contributed by atoms with Crippen LogP contribution < -0.4 is 0 Å². The molecular formula is C20H26O6. The number of carboxylic acids is 1. The monoisotopic (exact) mass is 362 g/mol. The molecule has 1 rings (SSSR count). The van der Waals surface area contributed by atoms with Gasteiger partial charge >= 0.3 is 17.9 Å². The average Bonchev–Trinajstić information content (AvgIpc) is 2.66. The van der Waals surface area contributed by atoms with Crippen LogP contribution in [-0.4, -0.2) is 36.2 Å². The lowest BCUT2D eigenvalue weighted by Crippen LogP contribution is -2.00. The Bertz CT molecular complexity index is 575. The molecule has 6 heteroatoms. The average molecular weight is 362 g/mol. The fraction of sp³-hybridized carbons (Fsp3) is 0.250. The predicted octanol–water partition coefficient (Wildman–Crippen LogP) is 3.65. The molecule has 6 nitrogen and oxygen atoms in total. The van der Waals surface area contributed by atoms with Gasteiger partial charge in [0, 0.05) is 18.2 Å². The Kier molecular flexibility index (Phi) is 17.6. The smallest absolute Gasteiger partial charge is 0.330 e. The SMILES string of the molecule is C=CC(=O)OCCC.C=Cc1ccccc1.CCOC(=O)C=CC(=O)O. The second-order valence-corrected chi connectivity index (χ2v) is 4.41. The molecule has 1 aromatic carbocycles. The zero-order chi connectivity index (χ0) is 20.2. The number of carbonyl (C=O) groups is 3. The molecule has 0 unspecified atom stereocenters. The molecule has 0 radical (unpaired) electrons. The third-order valence-electron chi connectivity index (χ3n) is 2.30. The minimum absolute atomic E-state index is 0.253. The van der Waals surface area contributed by atoms with E-state index in [9.17, 15) is 14.4 Å². The van der Waals surface area contributed by atoms with E-state index in [4.69, 9.17) is 5.11 Å². The standard InChI is InChI=1S/C8H8.C6H8O4.C6H10O2/c1-2-8-6-4-3-5-7-8;1-2-10-6(9)4-3-5(7)8;1-3-5-8-6(7)4-2/h2-7H,1H2;3-4H,2H2,1H3,(H,7,8);4H,2-3,5H2,1H3. The van der Waals surface area contributed by atoms with Gasteiger partial charge in [-0.1, -0.05) is 56.5 Å². The number of rotatable bonds is 7. The number of ether oxygens (including phenoxy) is 2. The Labute approximate surface area is 154 Å². The molecule has 0 saturated carbocycles. The van der Waals surface area contributed by atoms with Gasteiger partial charge in [-0.05, 0) is 18.9 Å². The van der Waals surface area contributed by atoms with Crippen LogP contribution in [0.2, 0.25) is 0 Å². The molecule has 0 aromatic heterocycles. The van der Waals surface area contributed by atoms with Gasteiger partial charge in [0.05, 0.1) is 13.2 Å². The van der Waals surface area contributed by atoms with Crippen molar-refractivity contribution in [3.63, 3.8) is 0 Å². The highest BCUT2D eigenvalue weighted by atomic mass is 16.5. The summed E-state index contributed by atoms with van der Waals surface area (Å²) in [4.78, 5) is 30.4. The van der Waals surface area contributed by atoms with Crippen molar-refractivity contribution in [1.82, 2.24) is 0 Å². The molecule has 1 N–H and O–H groups in total. The minimum atomic E-state index is -1.16. The molecule has 0 heterocycles. The Morgan fingerprint density at radius 3 is 2.00 bits per heavy atom. The summed E-state index contributed by atoms with van der Waals surface area (Å²) in [5, 5.41) is 8.04. The molecule has 0 aliphatic rings. The summed E-state index contributed by atoms with van der Waals surface area (Å²) in [5.74, 6) is -2.13. The summed E-state index contributed by atoms with van der Waals surface area (Å²) in [5.41, 5.74) is 1.17. The van der Waals surface area contributed by atoms with E-state index in [-0.39, 0.29) is 12.6 Å². The Balaban J connectivity index is 0. The van der Waals surface area contributed by atoms with Crippen molar-refractivity contribution in [3.05, 3.63) is 67.3 Å². The fourth-order valence-corrected chi connectivity index (χ4v) is 1.18. The molecule has 0 spiro atoms. The zero-order valence-electron chi connectivity index (χ0n) is 15.2. The van der Waals surface area contributed by atoms with E-state index in [1.807, 2.05) is 43.3 Å². The van der Waals surface area contributed by atoms with Gasteiger partial charge < -0.3 is 14.6 Å². The van der Waals surface area contributed by atoms with Crippen molar-refractivity contribution >= 4 is 24.0 Å². The van der Waals surface area contributed by atoms with E-state index in [1.54, 1.807) is 6.92 Å². The highest BCUT2D eigenvalue weighted by Gasteiger charge is 1.94. The maximum absolute atomic E-state index is 10.4. The van der Waals surface area contributed by atoms with Crippen molar-refractivity contribution in [2.75, 3.05) is 13.2 Å². The lowest BCUT2D eigenvalue weighted by atomic mass is 10.2. The second kappa shape index (κ2) is 18.2. The zero-order valence-corrected chi connectivity index (χ0v) is 15.2. The van der Waals surface area contributed by atoms with Gasteiger partial charge in [-0.3, -0.25) is 0 Å². The predicted molar refractivity (Wildman–Crippen MR) is 101 cm³/mol.